The molecular weight excluding hydrogens is 739 g/mol. The molecule has 1 aromatic heterocycles. The van der Waals surface area contributed by atoms with Crippen LogP contribution in [-0.2, 0) is 15.1 Å². The summed E-state index contributed by atoms with van der Waals surface area (Å²) in [4.78, 5) is 36.6. The zero-order valence-electron chi connectivity index (χ0n) is 28.3. The van der Waals surface area contributed by atoms with E-state index in [2.05, 4.69) is 20.2 Å². The first kappa shape index (κ1) is 37.8. The molecule has 0 bridgehead atoms. The maximum absolute atomic E-state index is 15.8. The topological polar surface area (TPSA) is 143 Å². The van der Waals surface area contributed by atoms with Crippen LogP contribution in [0.25, 0.3) is 5.69 Å². The maximum atomic E-state index is 15.8. The second kappa shape index (κ2) is 13.8. The predicted octanol–water partition coefficient (Wildman–Crippen LogP) is 6.27. The quantitative estimate of drug-likeness (QED) is 0.173. The fraction of sp³-hybridized carbons (Fsp3) is 0.455. The molecule has 3 N–H and O–H groups in total. The van der Waals surface area contributed by atoms with Gasteiger partial charge in [-0.15, -0.1) is 0 Å². The van der Waals surface area contributed by atoms with Crippen LogP contribution in [0.1, 0.15) is 74.5 Å². The number of hydrazone groups is 1. The number of guanidine groups is 1. The molecule has 0 saturated heterocycles. The normalized spacial score (nSPS) is 22.9. The molecule has 2 aliphatic heterocycles. The van der Waals surface area contributed by atoms with Crippen LogP contribution in [0.2, 0.25) is 5.02 Å². The lowest BCUT2D eigenvalue weighted by Crippen LogP contribution is -2.47. The third kappa shape index (κ3) is 7.48. The predicted molar refractivity (Wildman–Crippen MR) is 176 cm³/mol. The molecule has 3 aromatic rings. The molecule has 0 radical (unpaired) electrons. The Morgan fingerprint density at radius 3 is 2.47 bits per heavy atom. The number of carbonyl (C=O) groups excluding carboxylic acids is 2. The van der Waals surface area contributed by atoms with Gasteiger partial charge in [-0.2, -0.15) is 19.0 Å². The van der Waals surface area contributed by atoms with Gasteiger partial charge in [0, 0.05) is 18.6 Å². The van der Waals surface area contributed by atoms with Gasteiger partial charge in [0.05, 0.1) is 23.3 Å². The number of carbonyl (C=O) groups is 2. The number of aromatic nitrogens is 3. The monoisotopic (exact) mass is 771 g/mol. The number of ether oxygens (including phenoxy) is 1. The van der Waals surface area contributed by atoms with Crippen molar-refractivity contribution >= 4 is 35.8 Å². The van der Waals surface area contributed by atoms with E-state index in [0.29, 0.717) is 5.01 Å². The molecule has 3 aliphatic rings. The summed E-state index contributed by atoms with van der Waals surface area (Å²) >= 11 is 6.39. The molecule has 53 heavy (non-hydrogen) atoms. The van der Waals surface area contributed by atoms with E-state index in [0.717, 1.165) is 22.0 Å². The van der Waals surface area contributed by atoms with Crippen molar-refractivity contribution in [1.82, 2.24) is 30.0 Å². The minimum absolute atomic E-state index is 0.0355. The van der Waals surface area contributed by atoms with Crippen molar-refractivity contribution in [3.63, 3.8) is 0 Å². The lowest BCUT2D eigenvalue weighted by atomic mass is 9.75. The summed E-state index contributed by atoms with van der Waals surface area (Å²) in [5.74, 6) is -6.68. The Balaban J connectivity index is 1.40. The van der Waals surface area contributed by atoms with Crippen LogP contribution in [0.3, 0.4) is 0 Å². The standard InChI is InChI=1S/C33H33ClF7N9O3/c1-31(2,3)14-32(18-5-6-19(21(35)9-18)17-11-44-48(12-17)28(38)39)27(51)49(29(42)47-32)23(13-53-30(52)46-24-10-33(24,40)41)16-4-7-20(34)22(8-16)50-26(25(36)37)43-15-45-50/h4-9,11,15,17,23-25,28H,10,12-14H2,1-3H3,(H2,42,47)(H,46,52)/t17?,23?,24-,32-/m1/s1. The Hall–Kier alpha value is -4.94. The highest BCUT2D eigenvalue weighted by Crippen LogP contribution is 2.46. The number of nitrogens with zero attached hydrogens (tertiary/aromatic N) is 7. The van der Waals surface area contributed by atoms with E-state index in [1.807, 2.05) is 5.32 Å². The summed E-state index contributed by atoms with van der Waals surface area (Å²) < 4.78 is 103. The van der Waals surface area contributed by atoms with Crippen molar-refractivity contribution in [3.8, 4) is 5.69 Å². The number of alkyl halides is 6. The van der Waals surface area contributed by atoms with Gasteiger partial charge < -0.3 is 15.8 Å². The first-order valence-corrected chi connectivity index (χ1v) is 16.6. The summed E-state index contributed by atoms with van der Waals surface area (Å²) in [5, 5.41) is 9.99. The van der Waals surface area contributed by atoms with Crippen molar-refractivity contribution in [2.75, 3.05) is 13.2 Å². The molecule has 6 rings (SSSR count). The van der Waals surface area contributed by atoms with E-state index in [-0.39, 0.29) is 40.4 Å². The minimum Gasteiger partial charge on any atom is -0.447 e. The van der Waals surface area contributed by atoms with Crippen LogP contribution >= 0.6 is 11.6 Å². The van der Waals surface area contributed by atoms with E-state index in [4.69, 9.17) is 22.1 Å². The SMILES string of the molecule is CC(C)(C)C[C@]1(c2ccc(C3C=NN(C(F)F)C3)c(F)c2)N=C(N)N(C(COC(=O)N[C@@H]2CC2(F)F)c2ccc(Cl)c(-n3ncnc3C(F)F)c2)C1=O. The minimum atomic E-state index is -3.12. The largest absolute Gasteiger partial charge is 0.447 e. The Labute approximate surface area is 302 Å². The molecule has 1 saturated carbocycles. The molecule has 2 unspecified atom stereocenters. The summed E-state index contributed by atoms with van der Waals surface area (Å²) in [7, 11) is 0. The van der Waals surface area contributed by atoms with Crippen LogP contribution in [-0.4, -0.2) is 80.5 Å². The van der Waals surface area contributed by atoms with Crippen molar-refractivity contribution < 1.29 is 45.1 Å². The number of hydrogen-bond donors (Lipinski definition) is 2. The molecule has 20 heteroatoms. The van der Waals surface area contributed by atoms with E-state index in [1.165, 1.54) is 36.5 Å². The molecule has 4 atom stereocenters. The Kier molecular flexibility index (Phi) is 9.84. The molecule has 2 aromatic carbocycles. The summed E-state index contributed by atoms with van der Waals surface area (Å²) in [5.41, 5.74) is 4.08. The molecule has 1 fully saturated rings. The number of alkyl carbamates (subject to hydrolysis) is 1. The number of halogens is 8. The zero-order valence-corrected chi connectivity index (χ0v) is 29.0. The lowest BCUT2D eigenvalue weighted by molar-refractivity contribution is -0.135. The summed E-state index contributed by atoms with van der Waals surface area (Å²) in [6.45, 7) is 1.55. The number of hydrogen-bond acceptors (Lipinski definition) is 9. The zero-order chi connectivity index (χ0) is 38.6. The Morgan fingerprint density at radius 2 is 1.87 bits per heavy atom. The van der Waals surface area contributed by atoms with Crippen LogP contribution in [0.15, 0.2) is 52.8 Å². The maximum Gasteiger partial charge on any atom is 0.407 e. The number of rotatable bonds is 11. The van der Waals surface area contributed by atoms with Crippen LogP contribution < -0.4 is 11.1 Å². The van der Waals surface area contributed by atoms with Crippen molar-refractivity contribution in [1.29, 1.82) is 0 Å². The molecular formula is C33H33ClF7N9O3. The van der Waals surface area contributed by atoms with Gasteiger partial charge in [-0.3, -0.25) is 9.69 Å². The van der Waals surface area contributed by atoms with Crippen molar-refractivity contribution in [2.45, 2.75) is 76.1 Å². The summed E-state index contributed by atoms with van der Waals surface area (Å²) in [6.07, 6.45) is -2.84. The van der Waals surface area contributed by atoms with Gasteiger partial charge in [0.15, 0.2) is 17.3 Å². The highest BCUT2D eigenvalue weighted by molar-refractivity contribution is 6.32. The average molecular weight is 772 g/mol. The van der Waals surface area contributed by atoms with Gasteiger partial charge in [-0.05, 0) is 46.7 Å². The fourth-order valence-electron chi connectivity index (χ4n) is 6.44. The number of nitrogens with two attached hydrogens (primary N) is 1. The smallest absolute Gasteiger partial charge is 0.407 e. The van der Waals surface area contributed by atoms with E-state index < -0.39 is 90.5 Å². The molecule has 284 valence electrons. The van der Waals surface area contributed by atoms with E-state index >= 15 is 4.39 Å². The van der Waals surface area contributed by atoms with E-state index in [9.17, 15) is 35.9 Å². The lowest BCUT2D eigenvalue weighted by Gasteiger charge is -2.35. The van der Waals surface area contributed by atoms with Crippen molar-refractivity contribution in [3.05, 3.63) is 76.1 Å². The highest BCUT2D eigenvalue weighted by Gasteiger charge is 2.58. The van der Waals surface area contributed by atoms with Gasteiger partial charge in [-0.1, -0.05) is 50.6 Å². The Morgan fingerprint density at radius 1 is 1.15 bits per heavy atom. The number of nitrogens with one attached hydrogen (secondary N) is 1. The van der Waals surface area contributed by atoms with Crippen molar-refractivity contribution in [2.24, 2.45) is 21.2 Å². The van der Waals surface area contributed by atoms with E-state index in [1.54, 1.807) is 20.8 Å². The van der Waals surface area contributed by atoms with Gasteiger partial charge in [0.1, 0.15) is 24.8 Å². The van der Waals surface area contributed by atoms with Gasteiger partial charge in [0.2, 0.25) is 0 Å². The molecule has 0 spiro atoms. The molecule has 3 heterocycles. The molecule has 2 amide bonds. The first-order valence-electron chi connectivity index (χ1n) is 16.2. The first-order chi connectivity index (χ1) is 24.8. The fourth-order valence-corrected chi connectivity index (χ4v) is 6.64. The number of aliphatic imine (C=N–C) groups is 1. The molecule has 1 aliphatic carbocycles. The summed E-state index contributed by atoms with van der Waals surface area (Å²) in [6, 6.07) is 5.04. The van der Waals surface area contributed by atoms with Gasteiger partial charge >= 0.3 is 12.6 Å². The third-order valence-corrected chi connectivity index (χ3v) is 9.27. The van der Waals surface area contributed by atoms with Gasteiger partial charge in [-0.25, -0.2) is 46.4 Å². The van der Waals surface area contributed by atoms with Gasteiger partial charge in [0.25, 0.3) is 18.3 Å². The average Bonchev–Trinajstić information content (AvgIpc) is 3.52. The van der Waals surface area contributed by atoms with Crippen LogP contribution in [0.5, 0.6) is 0 Å². The number of benzene rings is 2. The van der Waals surface area contributed by atoms with Crippen LogP contribution in [0, 0.1) is 11.2 Å². The third-order valence-electron chi connectivity index (χ3n) is 8.95. The number of amides is 2. The Bertz CT molecular complexity index is 1970. The highest BCUT2D eigenvalue weighted by atomic mass is 35.5. The van der Waals surface area contributed by atoms with Crippen LogP contribution in [0.4, 0.5) is 35.5 Å². The second-order valence-corrected chi connectivity index (χ2v) is 14.5. The molecule has 12 nitrogen and oxygen atoms in total. The second-order valence-electron chi connectivity index (χ2n) is 14.1.